The number of hydrogen-bond donors (Lipinski definition) is 3. The molecule has 0 atom stereocenters. The number of aromatic nitrogens is 1. The van der Waals surface area contributed by atoms with E-state index in [0.29, 0.717) is 16.8 Å². The molecular weight excluding hydrogens is 217 g/mol. The predicted molar refractivity (Wildman–Crippen MR) is 56.0 cm³/mol. The van der Waals surface area contributed by atoms with E-state index < -0.39 is 7.60 Å². The second kappa shape index (κ2) is 4.31. The van der Waals surface area contributed by atoms with Gasteiger partial charge in [0.1, 0.15) is 5.75 Å². The first-order valence-corrected chi connectivity index (χ1v) is 6.29. The minimum atomic E-state index is -3.99. The molecule has 15 heavy (non-hydrogen) atoms. The van der Waals surface area contributed by atoms with Gasteiger partial charge in [0.05, 0.1) is 11.9 Å². The van der Waals surface area contributed by atoms with Gasteiger partial charge < -0.3 is 14.9 Å². The molecule has 1 heterocycles. The summed E-state index contributed by atoms with van der Waals surface area (Å²) in [5.41, 5.74) is 1.82. The summed E-state index contributed by atoms with van der Waals surface area (Å²) in [4.78, 5) is 21.4. The molecule has 3 N–H and O–H groups in total. The fourth-order valence-electron chi connectivity index (χ4n) is 1.27. The van der Waals surface area contributed by atoms with Gasteiger partial charge in [-0.3, -0.25) is 9.55 Å². The summed E-state index contributed by atoms with van der Waals surface area (Å²) >= 11 is 0. The van der Waals surface area contributed by atoms with Gasteiger partial charge in [-0.15, -0.1) is 0 Å². The normalized spacial score (nSPS) is 11.7. The second-order valence-electron chi connectivity index (χ2n) is 3.48. The maximum atomic E-state index is 10.7. The number of rotatable bonds is 3. The van der Waals surface area contributed by atoms with Crippen molar-refractivity contribution in [2.75, 3.05) is 6.16 Å². The van der Waals surface area contributed by atoms with Crippen molar-refractivity contribution < 1.29 is 19.5 Å². The average Bonchev–Trinajstić information content (AvgIpc) is 2.12. The number of pyridine rings is 1. The molecule has 0 amide bonds. The lowest BCUT2D eigenvalue weighted by Gasteiger charge is -2.09. The maximum Gasteiger partial charge on any atom is 0.325 e. The molecule has 5 nitrogen and oxygen atoms in total. The summed E-state index contributed by atoms with van der Waals surface area (Å²) in [5, 5.41) is 9.56. The van der Waals surface area contributed by atoms with E-state index in [-0.39, 0.29) is 18.3 Å². The Bertz CT molecular complexity index is 413. The Morgan fingerprint density at radius 1 is 1.40 bits per heavy atom. The lowest BCUT2D eigenvalue weighted by molar-refractivity contribution is 0.373. The van der Waals surface area contributed by atoms with Crippen molar-refractivity contribution in [3.8, 4) is 5.75 Å². The summed E-state index contributed by atoms with van der Waals surface area (Å²) in [6, 6.07) is 0. The van der Waals surface area contributed by atoms with E-state index in [2.05, 4.69) is 4.98 Å². The summed E-state index contributed by atoms with van der Waals surface area (Å²) in [7, 11) is -3.99. The number of aryl methyl sites for hydroxylation is 2. The molecule has 1 aromatic rings. The lowest BCUT2D eigenvalue weighted by Crippen LogP contribution is -1.99. The molecule has 0 fully saturated rings. The average molecular weight is 231 g/mol. The van der Waals surface area contributed by atoms with Crippen molar-refractivity contribution in [1.29, 1.82) is 0 Å². The molecule has 0 aliphatic carbocycles. The molecule has 1 aromatic heterocycles. The number of aromatic hydroxyl groups is 1. The Balaban J connectivity index is 2.88. The minimum absolute atomic E-state index is 0.0956. The SMILES string of the molecule is Cc1ncc(CCP(=O)(O)O)c(C)c1O. The van der Waals surface area contributed by atoms with E-state index in [4.69, 9.17) is 9.79 Å². The maximum absolute atomic E-state index is 10.7. The number of hydrogen-bond acceptors (Lipinski definition) is 3. The Morgan fingerprint density at radius 3 is 2.53 bits per heavy atom. The van der Waals surface area contributed by atoms with E-state index in [1.807, 2.05) is 0 Å². The van der Waals surface area contributed by atoms with Gasteiger partial charge >= 0.3 is 7.60 Å². The third-order valence-corrected chi connectivity index (χ3v) is 3.07. The van der Waals surface area contributed by atoms with Crippen LogP contribution in [0.1, 0.15) is 16.8 Å². The first-order chi connectivity index (χ1) is 6.81. The van der Waals surface area contributed by atoms with Crippen molar-refractivity contribution in [2.24, 2.45) is 0 Å². The van der Waals surface area contributed by atoms with Crippen molar-refractivity contribution in [1.82, 2.24) is 4.98 Å². The van der Waals surface area contributed by atoms with Gasteiger partial charge in [0.15, 0.2) is 0 Å². The molecular formula is C9H14NO4P. The monoisotopic (exact) mass is 231 g/mol. The molecule has 0 bridgehead atoms. The van der Waals surface area contributed by atoms with Crippen LogP contribution in [0.25, 0.3) is 0 Å². The molecule has 0 aliphatic rings. The highest BCUT2D eigenvalue weighted by molar-refractivity contribution is 7.51. The van der Waals surface area contributed by atoms with Crippen molar-refractivity contribution in [3.63, 3.8) is 0 Å². The lowest BCUT2D eigenvalue weighted by atomic mass is 10.1. The van der Waals surface area contributed by atoms with Gasteiger partial charge in [0, 0.05) is 6.20 Å². The largest absolute Gasteiger partial charge is 0.506 e. The Morgan fingerprint density at radius 2 is 2.00 bits per heavy atom. The quantitative estimate of drug-likeness (QED) is 0.678. The Hall–Kier alpha value is -0.900. The van der Waals surface area contributed by atoms with Crippen LogP contribution >= 0.6 is 7.60 Å². The van der Waals surface area contributed by atoms with Gasteiger partial charge in [-0.05, 0) is 31.4 Å². The summed E-state index contributed by atoms with van der Waals surface area (Å²) in [6.07, 6.45) is 1.54. The van der Waals surface area contributed by atoms with Crippen LogP contribution in [0.5, 0.6) is 5.75 Å². The first-order valence-electron chi connectivity index (χ1n) is 4.50. The third-order valence-electron chi connectivity index (χ3n) is 2.27. The van der Waals surface area contributed by atoms with E-state index in [1.165, 1.54) is 0 Å². The Labute approximate surface area is 88.0 Å². The van der Waals surface area contributed by atoms with Crippen LogP contribution in [-0.4, -0.2) is 26.0 Å². The van der Waals surface area contributed by atoms with Gasteiger partial charge in [-0.2, -0.15) is 0 Å². The van der Waals surface area contributed by atoms with Crippen LogP contribution in [0.15, 0.2) is 6.20 Å². The molecule has 1 rings (SSSR count). The van der Waals surface area contributed by atoms with Crippen molar-refractivity contribution >= 4 is 7.60 Å². The molecule has 0 unspecified atom stereocenters. The van der Waals surface area contributed by atoms with E-state index in [9.17, 15) is 9.67 Å². The van der Waals surface area contributed by atoms with Crippen LogP contribution in [0.3, 0.4) is 0 Å². The Kier molecular flexibility index (Phi) is 3.50. The fraction of sp³-hybridized carbons (Fsp3) is 0.444. The van der Waals surface area contributed by atoms with Gasteiger partial charge in [0.25, 0.3) is 0 Å². The highest BCUT2D eigenvalue weighted by atomic mass is 31.2. The molecule has 0 spiro atoms. The minimum Gasteiger partial charge on any atom is -0.506 e. The van der Waals surface area contributed by atoms with Crippen LogP contribution in [0, 0.1) is 13.8 Å². The van der Waals surface area contributed by atoms with Gasteiger partial charge in [0.2, 0.25) is 0 Å². The summed E-state index contributed by atoms with van der Waals surface area (Å²) in [6.45, 7) is 3.38. The fourth-order valence-corrected chi connectivity index (χ4v) is 1.81. The second-order valence-corrected chi connectivity index (χ2v) is 5.26. The molecule has 0 saturated carbocycles. The summed E-state index contributed by atoms with van der Waals surface area (Å²) < 4.78 is 10.7. The summed E-state index contributed by atoms with van der Waals surface area (Å²) in [5.74, 6) is 0.0956. The van der Waals surface area contributed by atoms with E-state index in [1.54, 1.807) is 20.0 Å². The molecule has 84 valence electrons. The predicted octanol–water partition coefficient (Wildman–Crippen LogP) is 1.12. The van der Waals surface area contributed by atoms with Gasteiger partial charge in [-0.1, -0.05) is 0 Å². The van der Waals surface area contributed by atoms with Crippen molar-refractivity contribution in [3.05, 3.63) is 23.0 Å². The number of nitrogens with zero attached hydrogens (tertiary/aromatic N) is 1. The molecule has 0 aliphatic heterocycles. The van der Waals surface area contributed by atoms with Crippen LogP contribution < -0.4 is 0 Å². The smallest absolute Gasteiger partial charge is 0.325 e. The molecule has 6 heteroatoms. The topological polar surface area (TPSA) is 90.7 Å². The standard InChI is InChI=1S/C9H14NO4P/c1-6-8(3-4-15(12,13)14)5-10-7(2)9(6)11/h5,11H,3-4H2,1-2H3,(H2,12,13,14). The van der Waals surface area contributed by atoms with Gasteiger partial charge in [-0.25, -0.2) is 0 Å². The highest BCUT2D eigenvalue weighted by Gasteiger charge is 2.15. The molecule has 0 radical (unpaired) electrons. The zero-order valence-electron chi connectivity index (χ0n) is 8.64. The van der Waals surface area contributed by atoms with Crippen LogP contribution in [0.2, 0.25) is 0 Å². The zero-order chi connectivity index (χ0) is 11.6. The van der Waals surface area contributed by atoms with Crippen LogP contribution in [0.4, 0.5) is 0 Å². The molecule has 0 aromatic carbocycles. The first kappa shape index (κ1) is 12.2. The highest BCUT2D eigenvalue weighted by Crippen LogP contribution is 2.35. The van der Waals surface area contributed by atoms with Crippen LogP contribution in [-0.2, 0) is 11.0 Å². The van der Waals surface area contributed by atoms with E-state index >= 15 is 0 Å². The third kappa shape index (κ3) is 3.30. The van der Waals surface area contributed by atoms with Crippen molar-refractivity contribution in [2.45, 2.75) is 20.3 Å². The molecule has 0 saturated heterocycles. The van der Waals surface area contributed by atoms with E-state index in [0.717, 1.165) is 0 Å². The zero-order valence-corrected chi connectivity index (χ0v) is 9.53.